The van der Waals surface area contributed by atoms with Crippen LogP contribution in [-0.2, 0) is 4.74 Å². The van der Waals surface area contributed by atoms with Gasteiger partial charge in [-0.3, -0.25) is 4.79 Å². The molecule has 1 aromatic carbocycles. The lowest BCUT2D eigenvalue weighted by Gasteiger charge is -2.10. The first-order valence-electron chi connectivity index (χ1n) is 4.45. The Morgan fingerprint density at radius 1 is 1.29 bits per heavy atom. The molecule has 94 valence electrons. The zero-order chi connectivity index (χ0) is 12.9. The van der Waals surface area contributed by atoms with Crippen LogP contribution in [0.5, 0.6) is 5.75 Å². The number of ether oxygens (including phenoxy) is 2. The Morgan fingerprint density at radius 2 is 2.00 bits per heavy atom. The summed E-state index contributed by atoms with van der Waals surface area (Å²) < 4.78 is 57.0. The fraction of sp³-hybridized carbons (Fsp3) is 0.300. The number of carbonyl (C=O) groups is 1. The molecule has 0 atom stereocenters. The normalized spacial score (nSPS) is 11.3. The summed E-state index contributed by atoms with van der Waals surface area (Å²) in [5.74, 6) is -1.27. The van der Waals surface area contributed by atoms with E-state index in [1.807, 2.05) is 0 Å². The van der Waals surface area contributed by atoms with Crippen LogP contribution in [0.2, 0.25) is 0 Å². The first-order chi connectivity index (χ1) is 7.94. The Balaban J connectivity index is 2.54. The first-order valence-corrected chi connectivity index (χ1v) is 4.45. The number of para-hydroxylation sites is 1. The van der Waals surface area contributed by atoms with Crippen LogP contribution < -0.4 is 4.74 Å². The second-order valence-corrected chi connectivity index (χ2v) is 3.00. The molecule has 3 nitrogen and oxygen atoms in total. The van der Waals surface area contributed by atoms with E-state index in [2.05, 4.69) is 9.47 Å². The number of hydrogen-bond acceptors (Lipinski definition) is 3. The quantitative estimate of drug-likeness (QED) is 0.349. The Morgan fingerprint density at radius 3 is 2.59 bits per heavy atom. The summed E-state index contributed by atoms with van der Waals surface area (Å²) in [5.41, 5.74) is -0.0967. The molecule has 0 N–H and O–H groups in total. The van der Waals surface area contributed by atoms with Gasteiger partial charge in [0.1, 0.15) is 6.61 Å². The minimum Gasteiger partial charge on any atom is -0.464 e. The molecule has 0 aliphatic rings. The maximum Gasteiger partial charge on any atom is 0.411 e. The molecule has 0 amide bonds. The third-order valence-corrected chi connectivity index (χ3v) is 1.68. The maximum absolute atomic E-state index is 13.1. The topological polar surface area (TPSA) is 35.5 Å². The van der Waals surface area contributed by atoms with E-state index in [4.69, 9.17) is 0 Å². The van der Waals surface area contributed by atoms with Crippen LogP contribution in [0, 0.1) is 5.82 Å². The van der Waals surface area contributed by atoms with E-state index >= 15 is 0 Å². The van der Waals surface area contributed by atoms with Crippen molar-refractivity contribution in [3.63, 3.8) is 0 Å². The highest BCUT2D eigenvalue weighted by atomic mass is 19.4. The molecule has 0 spiro atoms. The van der Waals surface area contributed by atoms with E-state index in [1.54, 1.807) is 0 Å². The van der Waals surface area contributed by atoms with E-state index in [-0.39, 0.29) is 5.56 Å². The number of hydrogen-bond donors (Lipinski definition) is 0. The van der Waals surface area contributed by atoms with Crippen molar-refractivity contribution in [2.45, 2.75) is 6.18 Å². The predicted molar refractivity (Wildman–Crippen MR) is 49.3 cm³/mol. The van der Waals surface area contributed by atoms with E-state index in [0.717, 1.165) is 6.07 Å². The number of aldehydes is 1. The molecule has 0 aliphatic carbocycles. The van der Waals surface area contributed by atoms with Gasteiger partial charge in [-0.05, 0) is 12.1 Å². The van der Waals surface area contributed by atoms with Crippen molar-refractivity contribution in [3.8, 4) is 5.75 Å². The lowest BCUT2D eigenvalue weighted by Crippen LogP contribution is -2.19. The molecular weight excluding hydrogens is 244 g/mol. The summed E-state index contributed by atoms with van der Waals surface area (Å²) >= 11 is 0. The molecular formula is C10H8F4O3. The molecule has 7 heteroatoms. The van der Waals surface area contributed by atoms with Crippen molar-refractivity contribution in [2.75, 3.05) is 13.4 Å². The molecule has 0 saturated heterocycles. The molecule has 17 heavy (non-hydrogen) atoms. The summed E-state index contributed by atoms with van der Waals surface area (Å²) in [6.07, 6.45) is -4.14. The van der Waals surface area contributed by atoms with Crippen LogP contribution in [0.1, 0.15) is 10.4 Å². The van der Waals surface area contributed by atoms with Gasteiger partial charge in [-0.2, -0.15) is 13.2 Å². The fourth-order valence-corrected chi connectivity index (χ4v) is 1.03. The van der Waals surface area contributed by atoms with Gasteiger partial charge in [0.2, 0.25) is 0 Å². The van der Waals surface area contributed by atoms with Gasteiger partial charge in [0, 0.05) is 0 Å². The van der Waals surface area contributed by atoms with Crippen LogP contribution in [0.25, 0.3) is 0 Å². The van der Waals surface area contributed by atoms with Crippen molar-refractivity contribution in [1.29, 1.82) is 0 Å². The molecule has 0 aliphatic heterocycles. The summed E-state index contributed by atoms with van der Waals surface area (Å²) in [7, 11) is 0. The zero-order valence-electron chi connectivity index (χ0n) is 8.46. The van der Waals surface area contributed by atoms with E-state index < -0.39 is 31.1 Å². The molecule has 0 fully saturated rings. The molecule has 1 rings (SSSR count). The summed E-state index contributed by atoms with van der Waals surface area (Å²) in [4.78, 5) is 10.5. The predicted octanol–water partition coefficient (Wildman–Crippen LogP) is 2.55. The molecule has 1 aromatic rings. The van der Waals surface area contributed by atoms with E-state index in [9.17, 15) is 22.4 Å². The van der Waals surface area contributed by atoms with Crippen LogP contribution in [0.15, 0.2) is 18.2 Å². The van der Waals surface area contributed by atoms with Crippen molar-refractivity contribution < 1.29 is 31.8 Å². The van der Waals surface area contributed by atoms with Gasteiger partial charge in [0.15, 0.2) is 24.6 Å². The number of halogens is 4. The fourth-order valence-electron chi connectivity index (χ4n) is 1.03. The standard InChI is InChI=1S/C10H8F4O3/c11-8-3-1-2-7(4-15)9(8)17-6-16-5-10(12,13)14/h1-4H,5-6H2. The largest absolute Gasteiger partial charge is 0.464 e. The van der Waals surface area contributed by atoms with Gasteiger partial charge in [0.05, 0.1) is 5.56 Å². The zero-order valence-corrected chi connectivity index (χ0v) is 8.46. The van der Waals surface area contributed by atoms with Gasteiger partial charge < -0.3 is 9.47 Å². The lowest BCUT2D eigenvalue weighted by atomic mass is 10.2. The van der Waals surface area contributed by atoms with Crippen molar-refractivity contribution in [2.24, 2.45) is 0 Å². The van der Waals surface area contributed by atoms with Gasteiger partial charge in [-0.1, -0.05) is 6.07 Å². The maximum atomic E-state index is 13.1. The highest BCUT2D eigenvalue weighted by molar-refractivity contribution is 5.79. The molecule has 0 unspecified atom stereocenters. The molecule has 0 bridgehead atoms. The molecule has 0 aromatic heterocycles. The smallest absolute Gasteiger partial charge is 0.411 e. The highest BCUT2D eigenvalue weighted by Gasteiger charge is 2.27. The minimum absolute atomic E-state index is 0.0967. The molecule has 0 heterocycles. The lowest BCUT2D eigenvalue weighted by molar-refractivity contribution is -0.187. The Labute approximate surface area is 93.9 Å². The van der Waals surface area contributed by atoms with Crippen molar-refractivity contribution >= 4 is 6.29 Å². The van der Waals surface area contributed by atoms with Crippen LogP contribution >= 0.6 is 0 Å². The van der Waals surface area contributed by atoms with Gasteiger partial charge in [0.25, 0.3) is 0 Å². The van der Waals surface area contributed by atoms with Crippen molar-refractivity contribution in [3.05, 3.63) is 29.6 Å². The third kappa shape index (κ3) is 4.39. The molecule has 0 radical (unpaired) electrons. The van der Waals surface area contributed by atoms with E-state index in [0.29, 0.717) is 6.29 Å². The third-order valence-electron chi connectivity index (χ3n) is 1.68. The van der Waals surface area contributed by atoms with Gasteiger partial charge in [-0.15, -0.1) is 0 Å². The average Bonchev–Trinajstić information content (AvgIpc) is 2.24. The van der Waals surface area contributed by atoms with Crippen LogP contribution in [0.3, 0.4) is 0 Å². The van der Waals surface area contributed by atoms with Gasteiger partial charge >= 0.3 is 6.18 Å². The van der Waals surface area contributed by atoms with Crippen LogP contribution in [0.4, 0.5) is 17.6 Å². The van der Waals surface area contributed by atoms with E-state index in [1.165, 1.54) is 12.1 Å². The number of rotatable bonds is 5. The SMILES string of the molecule is O=Cc1cccc(F)c1OCOCC(F)(F)F. The summed E-state index contributed by atoms with van der Waals surface area (Å²) in [5, 5.41) is 0. The number of carbonyl (C=O) groups excluding carboxylic acids is 1. The summed E-state index contributed by atoms with van der Waals surface area (Å²) in [6.45, 7) is -2.29. The second-order valence-electron chi connectivity index (χ2n) is 3.00. The minimum atomic E-state index is -4.48. The van der Waals surface area contributed by atoms with Crippen molar-refractivity contribution in [1.82, 2.24) is 0 Å². The highest BCUT2D eigenvalue weighted by Crippen LogP contribution is 2.21. The first kappa shape index (κ1) is 13.4. The molecule has 0 saturated carbocycles. The average molecular weight is 252 g/mol. The van der Waals surface area contributed by atoms with Gasteiger partial charge in [-0.25, -0.2) is 4.39 Å². The summed E-state index contributed by atoms with van der Waals surface area (Å²) in [6, 6.07) is 3.57. The second kappa shape index (κ2) is 5.62. The Hall–Kier alpha value is -1.63. The number of alkyl halides is 3. The Bertz CT molecular complexity index is 390. The number of benzene rings is 1. The van der Waals surface area contributed by atoms with Crippen LogP contribution in [-0.4, -0.2) is 25.9 Å². The monoisotopic (exact) mass is 252 g/mol. The Kier molecular flexibility index (Phi) is 4.45.